The summed E-state index contributed by atoms with van der Waals surface area (Å²) < 4.78 is 1.21. The van der Waals surface area contributed by atoms with Crippen molar-refractivity contribution in [3.8, 4) is 0 Å². The third kappa shape index (κ3) is 1.84. The number of carboxylic acids is 1. The molecule has 0 fully saturated rings. The van der Waals surface area contributed by atoms with Crippen molar-refractivity contribution in [2.24, 2.45) is 0 Å². The van der Waals surface area contributed by atoms with E-state index in [2.05, 4.69) is 4.98 Å². The van der Waals surface area contributed by atoms with E-state index in [-0.39, 0.29) is 11.1 Å². The van der Waals surface area contributed by atoms with Crippen molar-refractivity contribution in [1.29, 1.82) is 0 Å². The fourth-order valence-corrected chi connectivity index (χ4v) is 2.08. The lowest BCUT2D eigenvalue weighted by Crippen LogP contribution is -2.16. The minimum Gasteiger partial charge on any atom is -0.478 e. The second kappa shape index (κ2) is 4.07. The number of fused-ring (bicyclic) bond motifs is 2. The molecule has 0 bridgehead atoms. The zero-order valence-corrected chi connectivity index (χ0v) is 10.3. The molecule has 1 N–H and O–H groups in total. The number of pyridine rings is 1. The number of hydrogen-bond acceptors (Lipinski definition) is 3. The van der Waals surface area contributed by atoms with Crippen LogP contribution in [0.25, 0.3) is 16.6 Å². The van der Waals surface area contributed by atoms with Gasteiger partial charge in [0.25, 0.3) is 5.56 Å². The van der Waals surface area contributed by atoms with Gasteiger partial charge in [0.05, 0.1) is 16.5 Å². The maximum Gasteiger partial charge on any atom is 0.337 e. The van der Waals surface area contributed by atoms with Gasteiger partial charge >= 0.3 is 5.97 Å². The molecule has 6 heteroatoms. The quantitative estimate of drug-likeness (QED) is 0.691. The molecular formula is C13H7ClN2O3. The Kier molecular flexibility index (Phi) is 2.50. The summed E-state index contributed by atoms with van der Waals surface area (Å²) in [7, 11) is 0. The van der Waals surface area contributed by atoms with Gasteiger partial charge in [-0.25, -0.2) is 9.78 Å². The summed E-state index contributed by atoms with van der Waals surface area (Å²) in [4.78, 5) is 27.5. The first kappa shape index (κ1) is 11.7. The van der Waals surface area contributed by atoms with Crippen molar-refractivity contribution in [3.05, 3.63) is 57.5 Å². The second-order valence-corrected chi connectivity index (χ2v) is 4.47. The smallest absolute Gasteiger partial charge is 0.337 e. The molecule has 5 nitrogen and oxygen atoms in total. The predicted molar refractivity (Wildman–Crippen MR) is 70.9 cm³/mol. The van der Waals surface area contributed by atoms with Gasteiger partial charge in [0.15, 0.2) is 0 Å². The molecule has 0 saturated carbocycles. The van der Waals surface area contributed by atoms with Gasteiger partial charge in [-0.1, -0.05) is 11.6 Å². The first-order chi connectivity index (χ1) is 9.06. The van der Waals surface area contributed by atoms with Crippen LogP contribution in [0.3, 0.4) is 0 Å². The van der Waals surface area contributed by atoms with E-state index in [0.717, 1.165) is 0 Å². The number of carboxylic acid groups (broad SMARTS) is 1. The highest BCUT2D eigenvalue weighted by atomic mass is 35.5. The van der Waals surface area contributed by atoms with Crippen LogP contribution in [-0.2, 0) is 0 Å². The molecule has 0 amide bonds. The summed E-state index contributed by atoms with van der Waals surface area (Å²) in [5.74, 6) is -1.10. The second-order valence-electron chi connectivity index (χ2n) is 4.03. The number of halogens is 1. The van der Waals surface area contributed by atoms with Gasteiger partial charge < -0.3 is 5.11 Å². The Morgan fingerprint density at radius 2 is 2.05 bits per heavy atom. The van der Waals surface area contributed by atoms with E-state index in [1.807, 2.05) is 0 Å². The van der Waals surface area contributed by atoms with Crippen LogP contribution in [0.15, 0.2) is 41.3 Å². The predicted octanol–water partition coefficient (Wildman–Crippen LogP) is 2.20. The number of aromatic carboxylic acids is 1. The Balaban J connectivity index is 2.48. The first-order valence-electron chi connectivity index (χ1n) is 5.41. The average Bonchev–Trinajstić information content (AvgIpc) is 2.39. The Bertz CT molecular complexity index is 886. The van der Waals surface area contributed by atoms with E-state index in [0.29, 0.717) is 21.6 Å². The highest BCUT2D eigenvalue weighted by Crippen LogP contribution is 2.15. The van der Waals surface area contributed by atoms with Crippen LogP contribution in [0.4, 0.5) is 0 Å². The van der Waals surface area contributed by atoms with Crippen LogP contribution >= 0.6 is 11.6 Å². The molecule has 0 unspecified atom stereocenters. The summed E-state index contributed by atoms with van der Waals surface area (Å²) >= 11 is 5.85. The summed E-state index contributed by atoms with van der Waals surface area (Å²) in [6, 6.07) is 7.74. The summed E-state index contributed by atoms with van der Waals surface area (Å²) in [6.45, 7) is 0. The molecular weight excluding hydrogens is 268 g/mol. The van der Waals surface area contributed by atoms with Gasteiger partial charge in [0, 0.05) is 11.2 Å². The van der Waals surface area contributed by atoms with E-state index in [1.165, 1.54) is 28.8 Å². The van der Waals surface area contributed by atoms with E-state index in [1.54, 1.807) is 12.1 Å². The average molecular weight is 275 g/mol. The molecule has 0 saturated heterocycles. The topological polar surface area (TPSA) is 71.7 Å². The standard InChI is InChI=1S/C13H7ClN2O3/c14-8-2-3-10-9(5-8)12(17)16-6-7(13(18)19)1-4-11(16)15-10/h1-6H,(H,18,19). The minimum atomic E-state index is -1.10. The largest absolute Gasteiger partial charge is 0.478 e. The molecule has 19 heavy (non-hydrogen) atoms. The monoisotopic (exact) mass is 274 g/mol. The summed E-state index contributed by atoms with van der Waals surface area (Å²) in [6.07, 6.45) is 1.26. The van der Waals surface area contributed by atoms with Crippen LogP contribution < -0.4 is 5.56 Å². The van der Waals surface area contributed by atoms with Crippen molar-refractivity contribution in [2.75, 3.05) is 0 Å². The molecule has 0 spiro atoms. The molecule has 2 heterocycles. The van der Waals surface area contributed by atoms with Gasteiger partial charge in [-0.15, -0.1) is 0 Å². The Labute approximate surface area is 111 Å². The van der Waals surface area contributed by atoms with Crippen molar-refractivity contribution in [2.45, 2.75) is 0 Å². The van der Waals surface area contributed by atoms with Crippen LogP contribution in [0.1, 0.15) is 10.4 Å². The van der Waals surface area contributed by atoms with E-state index < -0.39 is 5.97 Å². The molecule has 94 valence electrons. The molecule has 2 aromatic heterocycles. The van der Waals surface area contributed by atoms with Crippen molar-refractivity contribution in [1.82, 2.24) is 9.38 Å². The van der Waals surface area contributed by atoms with Crippen molar-refractivity contribution < 1.29 is 9.90 Å². The number of rotatable bonds is 1. The van der Waals surface area contributed by atoms with Crippen LogP contribution in [-0.4, -0.2) is 20.5 Å². The number of nitrogens with zero attached hydrogens (tertiary/aromatic N) is 2. The molecule has 0 aliphatic rings. The van der Waals surface area contributed by atoms with Gasteiger partial charge in [0.2, 0.25) is 0 Å². The maximum absolute atomic E-state index is 12.3. The van der Waals surface area contributed by atoms with Crippen LogP contribution in [0.2, 0.25) is 5.02 Å². The lowest BCUT2D eigenvalue weighted by Gasteiger charge is -2.04. The Morgan fingerprint density at radius 1 is 1.26 bits per heavy atom. The number of aromatic nitrogens is 2. The molecule has 3 aromatic rings. The van der Waals surface area contributed by atoms with Crippen molar-refractivity contribution >= 4 is 34.1 Å². The van der Waals surface area contributed by atoms with Gasteiger partial charge in [0.1, 0.15) is 5.65 Å². The molecule has 0 aliphatic carbocycles. The van der Waals surface area contributed by atoms with E-state index in [9.17, 15) is 9.59 Å². The molecule has 0 radical (unpaired) electrons. The summed E-state index contributed by atoms with van der Waals surface area (Å²) in [5.41, 5.74) is 0.602. The number of benzene rings is 1. The zero-order valence-electron chi connectivity index (χ0n) is 9.50. The SMILES string of the molecule is O=C(O)c1ccc2nc3ccc(Cl)cc3c(=O)n2c1. The lowest BCUT2D eigenvalue weighted by atomic mass is 10.2. The molecule has 0 atom stereocenters. The minimum absolute atomic E-state index is 0.0257. The third-order valence-corrected chi connectivity index (χ3v) is 3.05. The van der Waals surface area contributed by atoms with Crippen LogP contribution in [0, 0.1) is 0 Å². The highest BCUT2D eigenvalue weighted by molar-refractivity contribution is 6.31. The van der Waals surface area contributed by atoms with Crippen molar-refractivity contribution in [3.63, 3.8) is 0 Å². The first-order valence-corrected chi connectivity index (χ1v) is 5.79. The number of carbonyl (C=O) groups is 1. The zero-order chi connectivity index (χ0) is 13.6. The van der Waals surface area contributed by atoms with E-state index in [4.69, 9.17) is 16.7 Å². The third-order valence-electron chi connectivity index (χ3n) is 2.82. The van der Waals surface area contributed by atoms with Crippen LogP contribution in [0.5, 0.6) is 0 Å². The fourth-order valence-electron chi connectivity index (χ4n) is 1.90. The lowest BCUT2D eigenvalue weighted by molar-refractivity contribution is 0.0696. The molecule has 0 aliphatic heterocycles. The molecule has 1 aromatic carbocycles. The van der Waals surface area contributed by atoms with Gasteiger partial charge in [-0.2, -0.15) is 0 Å². The fraction of sp³-hybridized carbons (Fsp3) is 0. The Hall–Kier alpha value is -2.40. The normalized spacial score (nSPS) is 11.0. The summed E-state index contributed by atoms with van der Waals surface area (Å²) in [5, 5.41) is 9.72. The number of hydrogen-bond donors (Lipinski definition) is 1. The maximum atomic E-state index is 12.3. The van der Waals surface area contributed by atoms with Gasteiger partial charge in [-0.3, -0.25) is 9.20 Å². The van der Waals surface area contributed by atoms with Gasteiger partial charge in [-0.05, 0) is 30.3 Å². The molecule has 3 rings (SSSR count). The Morgan fingerprint density at radius 3 is 2.79 bits per heavy atom. The highest BCUT2D eigenvalue weighted by Gasteiger charge is 2.09. The van der Waals surface area contributed by atoms with E-state index >= 15 is 0 Å².